The Balaban J connectivity index is 1.76. The van der Waals surface area contributed by atoms with Crippen LogP contribution in [0.1, 0.15) is 5.56 Å². The van der Waals surface area contributed by atoms with Gasteiger partial charge < -0.3 is 10.6 Å². The second-order valence-electron chi connectivity index (χ2n) is 5.33. The number of halogens is 4. The summed E-state index contributed by atoms with van der Waals surface area (Å²) in [5, 5.41) is 6.49. The Hall–Kier alpha value is -2.73. The Morgan fingerprint density at radius 2 is 1.44 bits per heavy atom. The minimum absolute atomic E-state index is 0.00462. The van der Waals surface area contributed by atoms with Crippen molar-refractivity contribution in [2.45, 2.75) is 6.18 Å². The smallest absolute Gasteiger partial charge is 0.308 e. The molecular formula is C18H12ClF3N2O. The van der Waals surface area contributed by atoms with Crippen LogP contribution in [-0.2, 0) is 6.18 Å². The first-order chi connectivity index (χ1) is 11.8. The summed E-state index contributed by atoms with van der Waals surface area (Å²) in [6.45, 7) is 0. The molecule has 0 fully saturated rings. The van der Waals surface area contributed by atoms with Crippen LogP contribution in [0.15, 0.2) is 60.7 Å². The molecule has 2 amide bonds. The quantitative estimate of drug-likeness (QED) is 0.562. The van der Waals surface area contributed by atoms with Gasteiger partial charge in [-0.15, -0.1) is 0 Å². The zero-order valence-electron chi connectivity index (χ0n) is 12.7. The maximum absolute atomic E-state index is 12.8. The largest absolute Gasteiger partial charge is 0.417 e. The van der Waals surface area contributed by atoms with Gasteiger partial charge in [0.2, 0.25) is 0 Å². The molecule has 3 rings (SSSR count). The molecule has 3 nitrogen and oxygen atoms in total. The average Bonchev–Trinajstić information content (AvgIpc) is 2.55. The van der Waals surface area contributed by atoms with Crippen molar-refractivity contribution in [3.05, 3.63) is 71.2 Å². The van der Waals surface area contributed by atoms with E-state index in [2.05, 4.69) is 10.6 Å². The third-order valence-electron chi connectivity index (χ3n) is 3.54. The van der Waals surface area contributed by atoms with Gasteiger partial charge in [-0.05, 0) is 41.1 Å². The molecule has 0 bridgehead atoms. The summed E-state index contributed by atoms with van der Waals surface area (Å²) < 4.78 is 38.5. The molecule has 0 aliphatic carbocycles. The van der Waals surface area contributed by atoms with Crippen molar-refractivity contribution in [2.24, 2.45) is 0 Å². The minimum atomic E-state index is -4.59. The van der Waals surface area contributed by atoms with Crippen molar-refractivity contribution in [3.8, 4) is 0 Å². The van der Waals surface area contributed by atoms with E-state index in [0.29, 0.717) is 5.69 Å². The molecule has 0 aromatic heterocycles. The number of nitrogens with one attached hydrogen (secondary N) is 2. The molecule has 7 heteroatoms. The summed E-state index contributed by atoms with van der Waals surface area (Å²) in [4.78, 5) is 12.0. The third kappa shape index (κ3) is 4.03. The molecule has 0 saturated heterocycles. The van der Waals surface area contributed by atoms with Gasteiger partial charge in [-0.1, -0.05) is 41.9 Å². The number of carbonyl (C=O) groups is 1. The van der Waals surface area contributed by atoms with Crippen molar-refractivity contribution < 1.29 is 18.0 Å². The summed E-state index contributed by atoms with van der Waals surface area (Å²) in [6.07, 6.45) is -4.59. The van der Waals surface area contributed by atoms with Crippen molar-refractivity contribution in [1.29, 1.82) is 0 Å². The van der Waals surface area contributed by atoms with Crippen LogP contribution < -0.4 is 10.6 Å². The molecule has 0 saturated carbocycles. The highest BCUT2D eigenvalue weighted by Gasteiger charge is 2.33. The standard InChI is InChI=1S/C18H12ClF3N2O/c19-16-8-7-14(10-15(16)18(20,21)22)24-17(25)23-13-6-5-11-3-1-2-4-12(11)9-13/h1-10H,(H2,23,24,25). The summed E-state index contributed by atoms with van der Waals surface area (Å²) in [7, 11) is 0. The van der Waals surface area contributed by atoms with Crippen LogP contribution in [0.4, 0.5) is 29.3 Å². The molecule has 0 aliphatic heterocycles. The molecule has 128 valence electrons. The van der Waals surface area contributed by atoms with E-state index in [-0.39, 0.29) is 5.69 Å². The fourth-order valence-electron chi connectivity index (χ4n) is 2.38. The summed E-state index contributed by atoms with van der Waals surface area (Å²) in [6, 6.07) is 15.5. The fraction of sp³-hybridized carbons (Fsp3) is 0.0556. The molecular weight excluding hydrogens is 353 g/mol. The lowest BCUT2D eigenvalue weighted by molar-refractivity contribution is -0.137. The number of amides is 2. The molecule has 0 atom stereocenters. The maximum atomic E-state index is 12.8. The Kier molecular flexibility index (Phi) is 4.55. The maximum Gasteiger partial charge on any atom is 0.417 e. The number of alkyl halides is 3. The van der Waals surface area contributed by atoms with E-state index < -0.39 is 22.8 Å². The highest BCUT2D eigenvalue weighted by molar-refractivity contribution is 6.31. The molecule has 3 aromatic rings. The first-order valence-corrected chi connectivity index (χ1v) is 7.64. The Labute approximate surface area is 146 Å². The van der Waals surface area contributed by atoms with Gasteiger partial charge in [-0.2, -0.15) is 13.2 Å². The number of anilines is 2. The Bertz CT molecular complexity index is 941. The average molecular weight is 365 g/mol. The lowest BCUT2D eigenvalue weighted by Gasteiger charge is -2.12. The normalized spacial score (nSPS) is 11.4. The van der Waals surface area contributed by atoms with Crippen LogP contribution >= 0.6 is 11.6 Å². The number of urea groups is 1. The van der Waals surface area contributed by atoms with Crippen LogP contribution in [0.3, 0.4) is 0 Å². The van der Waals surface area contributed by atoms with Crippen molar-refractivity contribution >= 4 is 39.8 Å². The van der Waals surface area contributed by atoms with E-state index in [9.17, 15) is 18.0 Å². The topological polar surface area (TPSA) is 41.1 Å². The second kappa shape index (κ2) is 6.64. The van der Waals surface area contributed by atoms with Gasteiger partial charge >= 0.3 is 12.2 Å². The van der Waals surface area contributed by atoms with E-state index in [1.165, 1.54) is 6.07 Å². The SMILES string of the molecule is O=C(Nc1ccc(Cl)c(C(F)(F)F)c1)Nc1ccc2ccccc2c1. The highest BCUT2D eigenvalue weighted by atomic mass is 35.5. The highest BCUT2D eigenvalue weighted by Crippen LogP contribution is 2.36. The van der Waals surface area contributed by atoms with E-state index in [0.717, 1.165) is 22.9 Å². The van der Waals surface area contributed by atoms with E-state index >= 15 is 0 Å². The molecule has 3 aromatic carbocycles. The molecule has 0 heterocycles. The van der Waals surface area contributed by atoms with E-state index in [4.69, 9.17) is 11.6 Å². The third-order valence-corrected chi connectivity index (χ3v) is 3.87. The molecule has 0 unspecified atom stereocenters. The molecule has 2 N–H and O–H groups in total. The predicted octanol–water partition coefficient (Wildman–Crippen LogP) is 6.16. The van der Waals surface area contributed by atoms with Gasteiger partial charge in [0.15, 0.2) is 0 Å². The van der Waals surface area contributed by atoms with Crippen LogP contribution in [-0.4, -0.2) is 6.03 Å². The number of hydrogen-bond acceptors (Lipinski definition) is 1. The number of benzene rings is 3. The zero-order chi connectivity index (χ0) is 18.0. The van der Waals surface area contributed by atoms with Crippen LogP contribution in [0.25, 0.3) is 10.8 Å². The van der Waals surface area contributed by atoms with E-state index in [1.807, 2.05) is 30.3 Å². The first-order valence-electron chi connectivity index (χ1n) is 7.26. The van der Waals surface area contributed by atoms with Gasteiger partial charge in [0.25, 0.3) is 0 Å². The Morgan fingerprint density at radius 3 is 2.12 bits per heavy atom. The number of hydrogen-bond donors (Lipinski definition) is 2. The fourth-order valence-corrected chi connectivity index (χ4v) is 2.61. The Morgan fingerprint density at radius 1 is 0.840 bits per heavy atom. The summed E-state index contributed by atoms with van der Waals surface area (Å²) >= 11 is 5.55. The number of carbonyl (C=O) groups excluding carboxylic acids is 1. The van der Waals surface area contributed by atoms with Crippen molar-refractivity contribution in [2.75, 3.05) is 10.6 Å². The number of rotatable bonds is 2. The monoisotopic (exact) mass is 364 g/mol. The molecule has 0 radical (unpaired) electrons. The lowest BCUT2D eigenvalue weighted by Crippen LogP contribution is -2.19. The molecule has 0 spiro atoms. The van der Waals surface area contributed by atoms with E-state index in [1.54, 1.807) is 12.1 Å². The van der Waals surface area contributed by atoms with Gasteiger partial charge in [0, 0.05) is 11.4 Å². The molecule has 25 heavy (non-hydrogen) atoms. The van der Waals surface area contributed by atoms with Crippen molar-refractivity contribution in [1.82, 2.24) is 0 Å². The predicted molar refractivity (Wildman–Crippen MR) is 93.0 cm³/mol. The van der Waals surface area contributed by atoms with Crippen LogP contribution in [0, 0.1) is 0 Å². The van der Waals surface area contributed by atoms with Crippen LogP contribution in [0.5, 0.6) is 0 Å². The summed E-state index contributed by atoms with van der Waals surface area (Å²) in [5.41, 5.74) is -0.478. The molecule has 0 aliphatic rings. The summed E-state index contributed by atoms with van der Waals surface area (Å²) in [5.74, 6) is 0. The van der Waals surface area contributed by atoms with Gasteiger partial charge in [-0.25, -0.2) is 4.79 Å². The second-order valence-corrected chi connectivity index (χ2v) is 5.74. The minimum Gasteiger partial charge on any atom is -0.308 e. The van der Waals surface area contributed by atoms with Crippen molar-refractivity contribution in [3.63, 3.8) is 0 Å². The van der Waals surface area contributed by atoms with Gasteiger partial charge in [-0.3, -0.25) is 0 Å². The lowest BCUT2D eigenvalue weighted by atomic mass is 10.1. The van der Waals surface area contributed by atoms with Crippen LogP contribution in [0.2, 0.25) is 5.02 Å². The zero-order valence-corrected chi connectivity index (χ0v) is 13.4. The first kappa shape index (κ1) is 17.1. The van der Waals surface area contributed by atoms with Gasteiger partial charge in [0.1, 0.15) is 0 Å². The van der Waals surface area contributed by atoms with Gasteiger partial charge in [0.05, 0.1) is 10.6 Å². The number of fused-ring (bicyclic) bond motifs is 1.